The van der Waals surface area contributed by atoms with Gasteiger partial charge in [-0.2, -0.15) is 13.2 Å². The Labute approximate surface area is 123 Å². The van der Waals surface area contributed by atoms with Crippen LogP contribution >= 0.6 is 15.9 Å². The summed E-state index contributed by atoms with van der Waals surface area (Å²) in [4.78, 5) is 11.9. The van der Waals surface area contributed by atoms with Gasteiger partial charge in [0.2, 0.25) is 5.91 Å². The molecule has 20 heavy (non-hydrogen) atoms. The molecule has 0 aliphatic heterocycles. The van der Waals surface area contributed by atoms with E-state index in [9.17, 15) is 18.0 Å². The maximum absolute atomic E-state index is 12.9. The molecule has 1 amide bonds. The fraction of sp³-hybridized carbons (Fsp3) is 0.462. The number of rotatable bonds is 2. The number of carbonyl (C=O) groups is 1. The number of nitrogens with one attached hydrogen (secondary N) is 1. The minimum absolute atomic E-state index is 0.281. The Balaban J connectivity index is 3.08. The molecule has 0 unspecified atom stereocenters. The lowest BCUT2D eigenvalue weighted by molar-refractivity contribution is -0.137. The molecular formula is C13H16BrF3N2O. The Morgan fingerprint density at radius 3 is 2.30 bits per heavy atom. The maximum Gasteiger partial charge on any atom is 0.418 e. The summed E-state index contributed by atoms with van der Waals surface area (Å²) in [5, 5.41) is 2.25. The van der Waals surface area contributed by atoms with Crippen LogP contribution in [0.25, 0.3) is 0 Å². The number of benzene rings is 1. The third-order valence-corrected chi connectivity index (χ3v) is 3.25. The van der Waals surface area contributed by atoms with E-state index in [0.717, 1.165) is 6.07 Å². The van der Waals surface area contributed by atoms with Gasteiger partial charge in [0.25, 0.3) is 0 Å². The molecule has 112 valence electrons. The summed E-state index contributed by atoms with van der Waals surface area (Å²) in [7, 11) is 0. The molecule has 0 aromatic heterocycles. The number of halogens is 4. The highest BCUT2D eigenvalue weighted by Crippen LogP contribution is 2.36. The van der Waals surface area contributed by atoms with Gasteiger partial charge in [-0.15, -0.1) is 0 Å². The Morgan fingerprint density at radius 1 is 1.30 bits per heavy atom. The lowest BCUT2D eigenvalue weighted by Gasteiger charge is -2.26. The third kappa shape index (κ3) is 4.21. The molecule has 0 radical (unpaired) electrons. The normalized spacial score (nSPS) is 14.0. The molecule has 1 aromatic carbocycles. The zero-order chi connectivity index (χ0) is 15.7. The molecule has 0 fully saturated rings. The summed E-state index contributed by atoms with van der Waals surface area (Å²) in [6.07, 6.45) is -4.56. The SMILES string of the molecule is CC(C)(C)[C@H](N)C(=O)Nc1ccc(Br)cc1C(F)(F)F. The molecular weight excluding hydrogens is 337 g/mol. The lowest BCUT2D eigenvalue weighted by atomic mass is 9.87. The van der Waals surface area contributed by atoms with Gasteiger partial charge < -0.3 is 11.1 Å². The first kappa shape index (κ1) is 17.0. The zero-order valence-electron chi connectivity index (χ0n) is 11.3. The number of anilines is 1. The minimum atomic E-state index is -4.56. The minimum Gasteiger partial charge on any atom is -0.324 e. The highest BCUT2D eigenvalue weighted by Gasteiger charge is 2.35. The first-order valence-electron chi connectivity index (χ1n) is 5.86. The van der Waals surface area contributed by atoms with E-state index in [0.29, 0.717) is 0 Å². The van der Waals surface area contributed by atoms with Crippen molar-refractivity contribution in [2.24, 2.45) is 11.1 Å². The molecule has 7 heteroatoms. The largest absolute Gasteiger partial charge is 0.418 e. The molecule has 0 aliphatic rings. The van der Waals surface area contributed by atoms with Gasteiger partial charge in [0.05, 0.1) is 17.3 Å². The molecule has 0 saturated carbocycles. The number of hydrogen-bond acceptors (Lipinski definition) is 2. The molecule has 3 N–H and O–H groups in total. The molecule has 0 heterocycles. The van der Waals surface area contributed by atoms with Gasteiger partial charge in [0.1, 0.15) is 0 Å². The summed E-state index contributed by atoms with van der Waals surface area (Å²) >= 11 is 2.98. The summed E-state index contributed by atoms with van der Waals surface area (Å²) in [6.45, 7) is 5.22. The molecule has 0 aliphatic carbocycles. The summed E-state index contributed by atoms with van der Waals surface area (Å²) in [6, 6.07) is 2.62. The van der Waals surface area contributed by atoms with Crippen LogP contribution in [0.15, 0.2) is 22.7 Å². The van der Waals surface area contributed by atoms with Crippen molar-refractivity contribution >= 4 is 27.5 Å². The first-order valence-corrected chi connectivity index (χ1v) is 6.65. The van der Waals surface area contributed by atoms with E-state index in [4.69, 9.17) is 5.73 Å². The van der Waals surface area contributed by atoms with Gasteiger partial charge in [-0.25, -0.2) is 0 Å². The van der Waals surface area contributed by atoms with Crippen molar-refractivity contribution in [1.29, 1.82) is 0 Å². The average Bonchev–Trinajstić information content (AvgIpc) is 2.27. The molecule has 1 aromatic rings. The number of hydrogen-bond donors (Lipinski definition) is 2. The van der Waals surface area contributed by atoms with Gasteiger partial charge in [-0.1, -0.05) is 36.7 Å². The third-order valence-electron chi connectivity index (χ3n) is 2.76. The number of amides is 1. The summed E-state index contributed by atoms with van der Waals surface area (Å²) in [5.74, 6) is -0.648. The predicted molar refractivity (Wildman–Crippen MR) is 75.2 cm³/mol. The second-order valence-electron chi connectivity index (χ2n) is 5.52. The van der Waals surface area contributed by atoms with Crippen molar-refractivity contribution in [2.45, 2.75) is 33.0 Å². The number of alkyl halides is 3. The topological polar surface area (TPSA) is 55.1 Å². The Morgan fingerprint density at radius 2 is 1.85 bits per heavy atom. The fourth-order valence-electron chi connectivity index (χ4n) is 1.46. The van der Waals surface area contributed by atoms with Crippen molar-refractivity contribution in [1.82, 2.24) is 0 Å². The Bertz CT molecular complexity index is 509. The zero-order valence-corrected chi connectivity index (χ0v) is 12.9. The van der Waals surface area contributed by atoms with Gasteiger partial charge in [-0.05, 0) is 23.6 Å². The molecule has 0 saturated heterocycles. The average molecular weight is 353 g/mol. The number of carbonyl (C=O) groups excluding carboxylic acids is 1. The van der Waals surface area contributed by atoms with E-state index in [1.165, 1.54) is 12.1 Å². The van der Waals surface area contributed by atoms with Gasteiger partial charge in [-0.3, -0.25) is 4.79 Å². The molecule has 0 spiro atoms. The van der Waals surface area contributed by atoms with Crippen molar-refractivity contribution in [3.05, 3.63) is 28.2 Å². The number of nitrogens with two attached hydrogens (primary N) is 1. The van der Waals surface area contributed by atoms with Gasteiger partial charge in [0, 0.05) is 4.47 Å². The standard InChI is InChI=1S/C13H16BrF3N2O/c1-12(2,3)10(18)11(20)19-9-5-4-7(14)6-8(9)13(15,16)17/h4-6,10H,18H2,1-3H3,(H,19,20)/t10-/m1/s1. The molecule has 1 atom stereocenters. The Kier molecular flexibility index (Phi) is 4.86. The van der Waals surface area contributed by atoms with Gasteiger partial charge in [0.15, 0.2) is 0 Å². The van der Waals surface area contributed by atoms with Crippen LogP contribution < -0.4 is 11.1 Å². The maximum atomic E-state index is 12.9. The first-order chi connectivity index (χ1) is 8.93. The van der Waals surface area contributed by atoms with E-state index in [1.54, 1.807) is 20.8 Å². The molecule has 0 bridgehead atoms. The fourth-order valence-corrected chi connectivity index (χ4v) is 1.82. The quantitative estimate of drug-likeness (QED) is 0.850. The lowest BCUT2D eigenvalue weighted by Crippen LogP contribution is -2.45. The highest BCUT2D eigenvalue weighted by atomic mass is 79.9. The van der Waals surface area contributed by atoms with Crippen LogP contribution in [0.3, 0.4) is 0 Å². The van der Waals surface area contributed by atoms with Crippen molar-refractivity contribution in [3.63, 3.8) is 0 Å². The second-order valence-corrected chi connectivity index (χ2v) is 6.44. The van der Waals surface area contributed by atoms with E-state index < -0.39 is 29.1 Å². The molecule has 1 rings (SSSR count). The predicted octanol–water partition coefficient (Wildman–Crippen LogP) is 3.78. The van der Waals surface area contributed by atoms with Crippen LogP contribution in [-0.4, -0.2) is 11.9 Å². The second kappa shape index (κ2) is 5.73. The highest BCUT2D eigenvalue weighted by molar-refractivity contribution is 9.10. The van der Waals surface area contributed by atoms with Crippen LogP contribution in [0.5, 0.6) is 0 Å². The van der Waals surface area contributed by atoms with Crippen LogP contribution in [0, 0.1) is 5.41 Å². The summed E-state index contributed by atoms with van der Waals surface area (Å²) < 4.78 is 39.0. The Hall–Kier alpha value is -1.08. The smallest absolute Gasteiger partial charge is 0.324 e. The van der Waals surface area contributed by atoms with Crippen LogP contribution in [0.2, 0.25) is 0 Å². The van der Waals surface area contributed by atoms with E-state index >= 15 is 0 Å². The molecule has 3 nitrogen and oxygen atoms in total. The monoisotopic (exact) mass is 352 g/mol. The van der Waals surface area contributed by atoms with Crippen LogP contribution in [0.1, 0.15) is 26.3 Å². The van der Waals surface area contributed by atoms with Crippen molar-refractivity contribution < 1.29 is 18.0 Å². The van der Waals surface area contributed by atoms with E-state index in [2.05, 4.69) is 21.2 Å². The van der Waals surface area contributed by atoms with Crippen molar-refractivity contribution in [3.8, 4) is 0 Å². The van der Waals surface area contributed by atoms with Gasteiger partial charge >= 0.3 is 6.18 Å². The van der Waals surface area contributed by atoms with E-state index in [1.807, 2.05) is 0 Å². The summed E-state index contributed by atoms with van der Waals surface area (Å²) in [5.41, 5.74) is 3.97. The van der Waals surface area contributed by atoms with Crippen molar-refractivity contribution in [2.75, 3.05) is 5.32 Å². The van der Waals surface area contributed by atoms with E-state index in [-0.39, 0.29) is 10.2 Å². The van der Waals surface area contributed by atoms with Crippen LogP contribution in [-0.2, 0) is 11.0 Å². The van der Waals surface area contributed by atoms with Crippen LogP contribution in [0.4, 0.5) is 18.9 Å².